The van der Waals surface area contributed by atoms with E-state index in [9.17, 15) is 18.3 Å². The van der Waals surface area contributed by atoms with E-state index < -0.39 is 21.5 Å². The van der Waals surface area contributed by atoms with Gasteiger partial charge in [0.15, 0.2) is 0 Å². The third-order valence-electron chi connectivity index (χ3n) is 3.08. The van der Waals surface area contributed by atoms with Gasteiger partial charge in [0.05, 0.1) is 4.90 Å². The van der Waals surface area contributed by atoms with Crippen molar-refractivity contribution in [3.63, 3.8) is 0 Å². The molecule has 0 aromatic carbocycles. The van der Waals surface area contributed by atoms with Gasteiger partial charge in [-0.05, 0) is 18.9 Å². The Labute approximate surface area is 99.1 Å². The summed E-state index contributed by atoms with van der Waals surface area (Å²) < 4.78 is 26.3. The smallest absolute Gasteiger partial charge is 0.324 e. The van der Waals surface area contributed by atoms with Gasteiger partial charge in [0.2, 0.25) is 10.0 Å². The molecule has 0 aliphatic heterocycles. The molecule has 0 radical (unpaired) electrons. The zero-order valence-electron chi connectivity index (χ0n) is 9.14. The Kier molecular flexibility index (Phi) is 2.96. The molecule has 3 N–H and O–H groups in total. The second-order valence-electron chi connectivity index (χ2n) is 4.25. The number of H-pyrrole nitrogens is 1. The number of carboxylic acids is 1. The van der Waals surface area contributed by atoms with Gasteiger partial charge >= 0.3 is 5.97 Å². The number of carboxylic acid groups (broad SMARTS) is 1. The standard InChI is InChI=1S/C10H14N2O4S/c13-9(14)10(4-1-2-5-10)12-17(15,16)8-3-6-11-7-8/h3,6-7,11-12H,1-2,4-5H2,(H,13,14). The van der Waals surface area contributed by atoms with E-state index >= 15 is 0 Å². The van der Waals surface area contributed by atoms with Crippen LogP contribution in [-0.4, -0.2) is 30.0 Å². The average Bonchev–Trinajstić information content (AvgIpc) is 2.86. The number of sulfonamides is 1. The molecule has 0 atom stereocenters. The Bertz CT molecular complexity index is 500. The second-order valence-corrected chi connectivity index (χ2v) is 5.93. The van der Waals surface area contributed by atoms with E-state index in [2.05, 4.69) is 9.71 Å². The molecule has 2 rings (SSSR count). The van der Waals surface area contributed by atoms with Gasteiger partial charge in [-0.2, -0.15) is 4.72 Å². The van der Waals surface area contributed by atoms with Crippen LogP contribution in [0.5, 0.6) is 0 Å². The first kappa shape index (κ1) is 12.1. The molecule has 1 aromatic heterocycles. The first-order valence-corrected chi connectivity index (χ1v) is 6.85. The van der Waals surface area contributed by atoms with Crippen molar-refractivity contribution < 1.29 is 18.3 Å². The maximum atomic E-state index is 12.0. The maximum absolute atomic E-state index is 12.0. The summed E-state index contributed by atoms with van der Waals surface area (Å²) in [4.78, 5) is 13.9. The minimum Gasteiger partial charge on any atom is -0.480 e. The van der Waals surface area contributed by atoms with Crippen LogP contribution in [0, 0.1) is 0 Å². The molecule has 1 heterocycles. The highest BCUT2D eigenvalue weighted by Crippen LogP contribution is 2.31. The summed E-state index contributed by atoms with van der Waals surface area (Å²) in [5.41, 5.74) is -1.34. The van der Waals surface area contributed by atoms with Gasteiger partial charge in [0.1, 0.15) is 5.54 Å². The number of aromatic nitrogens is 1. The molecular weight excluding hydrogens is 244 g/mol. The van der Waals surface area contributed by atoms with E-state index in [0.29, 0.717) is 12.8 Å². The number of aliphatic carboxylic acids is 1. The lowest BCUT2D eigenvalue weighted by Gasteiger charge is -2.24. The monoisotopic (exact) mass is 258 g/mol. The lowest BCUT2D eigenvalue weighted by Crippen LogP contribution is -2.52. The SMILES string of the molecule is O=C(O)C1(NS(=O)(=O)c2cc[nH]c2)CCCC1. The van der Waals surface area contributed by atoms with Crippen LogP contribution in [0.1, 0.15) is 25.7 Å². The topological polar surface area (TPSA) is 99.3 Å². The van der Waals surface area contributed by atoms with Gasteiger partial charge in [-0.15, -0.1) is 0 Å². The van der Waals surface area contributed by atoms with Gasteiger partial charge in [-0.25, -0.2) is 8.42 Å². The molecule has 17 heavy (non-hydrogen) atoms. The van der Waals surface area contributed by atoms with Crippen LogP contribution in [0.15, 0.2) is 23.4 Å². The summed E-state index contributed by atoms with van der Waals surface area (Å²) >= 11 is 0. The van der Waals surface area contributed by atoms with Crippen LogP contribution in [0.3, 0.4) is 0 Å². The minimum absolute atomic E-state index is 0.0602. The third kappa shape index (κ3) is 2.20. The van der Waals surface area contributed by atoms with E-state index in [1.165, 1.54) is 18.5 Å². The fraction of sp³-hybridized carbons (Fsp3) is 0.500. The van der Waals surface area contributed by atoms with Crippen molar-refractivity contribution in [1.29, 1.82) is 0 Å². The van der Waals surface area contributed by atoms with E-state index in [4.69, 9.17) is 0 Å². The van der Waals surface area contributed by atoms with E-state index in [1.54, 1.807) is 0 Å². The van der Waals surface area contributed by atoms with Crippen LogP contribution in [0.4, 0.5) is 0 Å². The molecule has 0 spiro atoms. The largest absolute Gasteiger partial charge is 0.480 e. The molecule has 1 aliphatic rings. The van der Waals surface area contributed by atoms with Crippen molar-refractivity contribution in [1.82, 2.24) is 9.71 Å². The third-order valence-corrected chi connectivity index (χ3v) is 4.61. The predicted molar refractivity (Wildman–Crippen MR) is 59.9 cm³/mol. The molecule has 0 unspecified atom stereocenters. The van der Waals surface area contributed by atoms with E-state index in [-0.39, 0.29) is 4.90 Å². The lowest BCUT2D eigenvalue weighted by atomic mass is 10.0. The van der Waals surface area contributed by atoms with Crippen LogP contribution in [0.2, 0.25) is 0 Å². The molecule has 94 valence electrons. The molecule has 7 heteroatoms. The molecule has 0 saturated heterocycles. The Balaban J connectivity index is 2.28. The number of hydrogen-bond donors (Lipinski definition) is 3. The second kappa shape index (κ2) is 4.15. The van der Waals surface area contributed by atoms with Gasteiger partial charge < -0.3 is 10.1 Å². The van der Waals surface area contributed by atoms with Crippen molar-refractivity contribution in [3.05, 3.63) is 18.5 Å². The van der Waals surface area contributed by atoms with Crippen molar-refractivity contribution in [3.8, 4) is 0 Å². The maximum Gasteiger partial charge on any atom is 0.324 e. The van der Waals surface area contributed by atoms with Crippen molar-refractivity contribution in [2.45, 2.75) is 36.1 Å². The zero-order chi connectivity index (χ0) is 12.5. The normalized spacial score (nSPS) is 19.3. The first-order valence-electron chi connectivity index (χ1n) is 5.36. The number of hydrogen-bond acceptors (Lipinski definition) is 3. The number of carbonyl (C=O) groups is 1. The highest BCUT2D eigenvalue weighted by atomic mass is 32.2. The number of nitrogens with one attached hydrogen (secondary N) is 2. The van der Waals surface area contributed by atoms with Crippen molar-refractivity contribution in [2.24, 2.45) is 0 Å². The van der Waals surface area contributed by atoms with Crippen LogP contribution in [-0.2, 0) is 14.8 Å². The molecule has 6 nitrogen and oxygen atoms in total. The van der Waals surface area contributed by atoms with Gasteiger partial charge in [0, 0.05) is 12.4 Å². The molecule has 0 amide bonds. The summed E-state index contributed by atoms with van der Waals surface area (Å²) in [5.74, 6) is -1.10. The predicted octanol–water partition coefficient (Wildman–Crippen LogP) is 0.690. The summed E-state index contributed by atoms with van der Waals surface area (Å²) in [6.45, 7) is 0. The molecule has 1 saturated carbocycles. The highest BCUT2D eigenvalue weighted by Gasteiger charge is 2.44. The van der Waals surface area contributed by atoms with E-state index in [1.807, 2.05) is 0 Å². The van der Waals surface area contributed by atoms with Gasteiger partial charge in [-0.1, -0.05) is 12.8 Å². The van der Waals surface area contributed by atoms with Crippen LogP contribution >= 0.6 is 0 Å². The molecule has 1 fully saturated rings. The Morgan fingerprint density at radius 2 is 2.06 bits per heavy atom. The summed E-state index contributed by atoms with van der Waals surface area (Å²) in [7, 11) is -3.77. The van der Waals surface area contributed by atoms with Crippen LogP contribution < -0.4 is 4.72 Å². The Hall–Kier alpha value is -1.34. The fourth-order valence-electron chi connectivity index (χ4n) is 2.13. The van der Waals surface area contributed by atoms with Gasteiger partial charge in [-0.3, -0.25) is 4.79 Å². The lowest BCUT2D eigenvalue weighted by molar-refractivity contribution is -0.143. The fourth-order valence-corrected chi connectivity index (χ4v) is 3.52. The van der Waals surface area contributed by atoms with Crippen molar-refractivity contribution >= 4 is 16.0 Å². The molecule has 1 aliphatic carbocycles. The quantitative estimate of drug-likeness (QED) is 0.739. The summed E-state index contributed by atoms with van der Waals surface area (Å²) in [5, 5.41) is 9.19. The first-order chi connectivity index (χ1) is 7.96. The Morgan fingerprint density at radius 3 is 2.53 bits per heavy atom. The molecule has 1 aromatic rings. The Morgan fingerprint density at radius 1 is 1.41 bits per heavy atom. The minimum atomic E-state index is -3.77. The summed E-state index contributed by atoms with van der Waals surface area (Å²) in [6.07, 6.45) is 4.94. The molecule has 0 bridgehead atoms. The van der Waals surface area contributed by atoms with Crippen molar-refractivity contribution in [2.75, 3.05) is 0 Å². The number of rotatable bonds is 4. The zero-order valence-corrected chi connectivity index (χ0v) is 9.96. The highest BCUT2D eigenvalue weighted by molar-refractivity contribution is 7.89. The van der Waals surface area contributed by atoms with Crippen LogP contribution in [0.25, 0.3) is 0 Å². The molecular formula is C10H14N2O4S. The van der Waals surface area contributed by atoms with E-state index in [0.717, 1.165) is 12.8 Å². The van der Waals surface area contributed by atoms with Gasteiger partial charge in [0.25, 0.3) is 0 Å². The number of aromatic amines is 1. The average molecular weight is 258 g/mol. The summed E-state index contributed by atoms with van der Waals surface area (Å²) in [6, 6.07) is 1.40.